The lowest BCUT2D eigenvalue weighted by molar-refractivity contribution is 0.377. The summed E-state index contributed by atoms with van der Waals surface area (Å²) in [5, 5.41) is 0. The van der Waals surface area contributed by atoms with Crippen LogP contribution in [0.15, 0.2) is 47.4 Å². The Morgan fingerprint density at radius 3 is 2.09 bits per heavy atom. The molecule has 1 unspecified atom stereocenters. The van der Waals surface area contributed by atoms with E-state index in [4.69, 9.17) is 0 Å². The van der Waals surface area contributed by atoms with Crippen molar-refractivity contribution in [1.29, 1.82) is 0 Å². The molecule has 6 nitrogen and oxygen atoms in total. The second-order valence-corrected chi connectivity index (χ2v) is 11.9. The summed E-state index contributed by atoms with van der Waals surface area (Å²) in [5.41, 5.74) is 0.613. The van der Waals surface area contributed by atoms with Crippen LogP contribution in [0.3, 0.4) is 0 Å². The van der Waals surface area contributed by atoms with Crippen LogP contribution in [0.4, 0.5) is 14.5 Å². The Balaban J connectivity index is 2.06. The summed E-state index contributed by atoms with van der Waals surface area (Å²) in [5.74, 6) is -2.02. The molecule has 2 aromatic rings. The second kappa shape index (κ2) is 11.4. The Morgan fingerprint density at radius 2 is 1.55 bits per heavy atom. The lowest BCUT2D eigenvalue weighted by Gasteiger charge is -2.23. The van der Waals surface area contributed by atoms with Gasteiger partial charge < -0.3 is 0 Å². The van der Waals surface area contributed by atoms with Crippen LogP contribution < -0.4 is 4.31 Å². The van der Waals surface area contributed by atoms with Crippen LogP contribution in [0.2, 0.25) is 0 Å². The van der Waals surface area contributed by atoms with Gasteiger partial charge in [-0.2, -0.15) is 0 Å². The molecule has 0 fully saturated rings. The number of nitrogens with zero attached hydrogens (tertiary/aromatic N) is 2. The molecular formula is C23H32F2N2O4S2. The molecule has 0 N–H and O–H groups in total. The van der Waals surface area contributed by atoms with Crippen LogP contribution in [0, 0.1) is 17.6 Å². The summed E-state index contributed by atoms with van der Waals surface area (Å²) < 4.78 is 79.6. The summed E-state index contributed by atoms with van der Waals surface area (Å²) in [6.07, 6.45) is 3.47. The normalized spacial score (nSPS) is 13.3. The molecule has 1 atom stereocenters. The first-order chi connectivity index (χ1) is 15.4. The fraction of sp³-hybridized carbons (Fsp3) is 0.478. The summed E-state index contributed by atoms with van der Waals surface area (Å²) >= 11 is 0. The Kier molecular flexibility index (Phi) is 9.39. The molecule has 0 bridgehead atoms. The summed E-state index contributed by atoms with van der Waals surface area (Å²) in [6.45, 7) is 6.28. The van der Waals surface area contributed by atoms with E-state index in [1.165, 1.54) is 34.8 Å². The van der Waals surface area contributed by atoms with Gasteiger partial charge in [-0.3, -0.25) is 4.31 Å². The van der Waals surface area contributed by atoms with Gasteiger partial charge in [0, 0.05) is 19.6 Å². The SMILES string of the molecule is CCN(CCC(C)CCc1ccc(S(=O)(=O)N(CC)c2cccc(F)c2F)cc1)S(C)(=O)=O. The van der Waals surface area contributed by atoms with Crippen molar-refractivity contribution in [2.45, 2.75) is 44.9 Å². The van der Waals surface area contributed by atoms with E-state index in [2.05, 4.69) is 6.92 Å². The van der Waals surface area contributed by atoms with Crippen LogP contribution in [-0.2, 0) is 26.5 Å². The van der Waals surface area contributed by atoms with Crippen LogP contribution >= 0.6 is 0 Å². The molecule has 0 saturated heterocycles. The molecule has 0 aliphatic carbocycles. The van der Waals surface area contributed by atoms with Gasteiger partial charge in [0.15, 0.2) is 11.6 Å². The minimum absolute atomic E-state index is 0.00319. The Morgan fingerprint density at radius 1 is 0.909 bits per heavy atom. The Hall–Kier alpha value is -2.04. The van der Waals surface area contributed by atoms with Gasteiger partial charge in [0.2, 0.25) is 10.0 Å². The molecule has 0 aliphatic rings. The largest absolute Gasteiger partial charge is 0.264 e. The number of benzene rings is 2. The van der Waals surface area contributed by atoms with Crippen molar-refractivity contribution in [1.82, 2.24) is 4.31 Å². The monoisotopic (exact) mass is 502 g/mol. The van der Waals surface area contributed by atoms with Gasteiger partial charge in [-0.1, -0.05) is 32.0 Å². The lowest BCUT2D eigenvalue weighted by Crippen LogP contribution is -2.31. The van der Waals surface area contributed by atoms with E-state index < -0.39 is 31.7 Å². The van der Waals surface area contributed by atoms with E-state index in [9.17, 15) is 25.6 Å². The van der Waals surface area contributed by atoms with Gasteiger partial charge in [-0.15, -0.1) is 0 Å². The number of anilines is 1. The third kappa shape index (κ3) is 6.97. The Bertz CT molecular complexity index is 1140. The number of rotatable bonds is 12. The maximum atomic E-state index is 14.2. The molecule has 184 valence electrons. The van der Waals surface area contributed by atoms with E-state index >= 15 is 0 Å². The summed E-state index contributed by atoms with van der Waals surface area (Å²) in [6, 6.07) is 9.81. The zero-order valence-electron chi connectivity index (χ0n) is 19.5. The van der Waals surface area contributed by atoms with Crippen LogP contribution in [0.5, 0.6) is 0 Å². The summed E-state index contributed by atoms with van der Waals surface area (Å²) in [4.78, 5) is -0.00319. The lowest BCUT2D eigenvalue weighted by atomic mass is 9.98. The maximum Gasteiger partial charge on any atom is 0.264 e. The fourth-order valence-corrected chi connectivity index (χ4v) is 5.97. The highest BCUT2D eigenvalue weighted by Crippen LogP contribution is 2.28. The first-order valence-electron chi connectivity index (χ1n) is 10.9. The molecule has 2 aromatic carbocycles. The highest BCUT2D eigenvalue weighted by Gasteiger charge is 2.27. The van der Waals surface area contributed by atoms with Crippen LogP contribution in [0.1, 0.15) is 39.2 Å². The number of hydrogen-bond donors (Lipinski definition) is 0. The maximum absolute atomic E-state index is 14.2. The fourth-order valence-electron chi connectivity index (χ4n) is 3.59. The van der Waals surface area contributed by atoms with Gasteiger partial charge in [0.25, 0.3) is 10.0 Å². The first kappa shape index (κ1) is 27.2. The number of sulfonamides is 2. The molecular weight excluding hydrogens is 470 g/mol. The van der Waals surface area contributed by atoms with Crippen molar-refractivity contribution in [2.75, 3.05) is 30.2 Å². The molecule has 10 heteroatoms. The van der Waals surface area contributed by atoms with Gasteiger partial charge in [0.05, 0.1) is 16.8 Å². The minimum Gasteiger partial charge on any atom is -0.264 e. The molecule has 0 saturated carbocycles. The minimum atomic E-state index is -4.06. The number of hydrogen-bond acceptors (Lipinski definition) is 4. The van der Waals surface area contributed by atoms with Crippen molar-refractivity contribution in [3.63, 3.8) is 0 Å². The van der Waals surface area contributed by atoms with E-state index in [-0.39, 0.29) is 23.0 Å². The molecule has 0 aliphatic heterocycles. The predicted octanol–water partition coefficient (Wildman–Crippen LogP) is 4.42. The third-order valence-electron chi connectivity index (χ3n) is 5.62. The zero-order valence-corrected chi connectivity index (χ0v) is 21.1. The Labute approximate surface area is 196 Å². The molecule has 0 aromatic heterocycles. The van der Waals surface area contributed by atoms with E-state index in [0.29, 0.717) is 19.5 Å². The van der Waals surface area contributed by atoms with Gasteiger partial charge in [0.1, 0.15) is 0 Å². The van der Waals surface area contributed by atoms with Crippen LogP contribution in [-0.4, -0.2) is 47.0 Å². The van der Waals surface area contributed by atoms with Crippen molar-refractivity contribution < 1.29 is 25.6 Å². The van der Waals surface area contributed by atoms with Gasteiger partial charge in [-0.25, -0.2) is 29.9 Å². The summed E-state index contributed by atoms with van der Waals surface area (Å²) in [7, 11) is -7.27. The quantitative estimate of drug-likeness (QED) is 0.431. The topological polar surface area (TPSA) is 74.8 Å². The highest BCUT2D eigenvalue weighted by molar-refractivity contribution is 7.92. The predicted molar refractivity (Wildman–Crippen MR) is 127 cm³/mol. The van der Waals surface area contributed by atoms with E-state index in [1.54, 1.807) is 19.1 Å². The smallest absolute Gasteiger partial charge is 0.264 e. The van der Waals surface area contributed by atoms with Gasteiger partial charge >= 0.3 is 0 Å². The number of aryl methyl sites for hydroxylation is 1. The van der Waals surface area contributed by atoms with Crippen molar-refractivity contribution >= 4 is 25.7 Å². The van der Waals surface area contributed by atoms with Crippen molar-refractivity contribution in [3.05, 3.63) is 59.7 Å². The van der Waals surface area contributed by atoms with Gasteiger partial charge in [-0.05, 0) is 61.9 Å². The van der Waals surface area contributed by atoms with Crippen molar-refractivity contribution in [3.8, 4) is 0 Å². The molecule has 0 radical (unpaired) electrons. The molecule has 0 amide bonds. The number of halogens is 2. The van der Waals surface area contributed by atoms with E-state index in [0.717, 1.165) is 28.8 Å². The highest BCUT2D eigenvalue weighted by atomic mass is 32.2. The molecule has 33 heavy (non-hydrogen) atoms. The van der Waals surface area contributed by atoms with E-state index in [1.807, 2.05) is 6.92 Å². The van der Waals surface area contributed by atoms with Crippen molar-refractivity contribution in [2.24, 2.45) is 5.92 Å². The standard InChI is InChI=1S/C23H32F2N2O4S2/c1-5-26(32(4,28)29)17-16-18(3)10-11-19-12-14-20(15-13-19)33(30,31)27(6-2)22-9-7-8-21(24)23(22)25/h7-9,12-15,18H,5-6,10-11,16-17H2,1-4H3. The molecule has 0 spiro atoms. The second-order valence-electron chi connectivity index (χ2n) is 8.07. The molecule has 2 rings (SSSR count). The third-order valence-corrected chi connectivity index (χ3v) is 8.90. The first-order valence-corrected chi connectivity index (χ1v) is 14.2. The van der Waals surface area contributed by atoms with Crippen LogP contribution in [0.25, 0.3) is 0 Å². The average Bonchev–Trinajstić information content (AvgIpc) is 2.75. The zero-order chi connectivity index (χ0) is 24.8. The molecule has 0 heterocycles. The average molecular weight is 503 g/mol.